The fourth-order valence-electron chi connectivity index (χ4n) is 1.59. The van der Waals surface area contributed by atoms with E-state index < -0.39 is 0 Å². The van der Waals surface area contributed by atoms with E-state index in [1.54, 1.807) is 19.1 Å². The topological polar surface area (TPSA) is 55.4 Å². The maximum Gasteiger partial charge on any atom is 0.305 e. The summed E-state index contributed by atoms with van der Waals surface area (Å²) >= 11 is 5.84. The van der Waals surface area contributed by atoms with Crippen LogP contribution in [0.2, 0.25) is 5.02 Å². The van der Waals surface area contributed by atoms with E-state index in [1.807, 2.05) is 12.1 Å². The van der Waals surface area contributed by atoms with Gasteiger partial charge in [0.05, 0.1) is 13.0 Å². The number of benzene rings is 1. The van der Waals surface area contributed by atoms with E-state index in [-0.39, 0.29) is 11.9 Å². The number of hydrogen-bond donors (Lipinski definition) is 1. The van der Waals surface area contributed by atoms with Gasteiger partial charge in [-0.05, 0) is 31.0 Å². The molecule has 1 rings (SSSR count). The van der Waals surface area contributed by atoms with Crippen molar-refractivity contribution in [3.05, 3.63) is 34.9 Å². The normalized spacial score (nSPS) is 10.0. The van der Waals surface area contributed by atoms with E-state index in [4.69, 9.17) is 16.3 Å². The molecule has 0 aliphatic carbocycles. The number of rotatable bonds is 7. The third-order valence-electron chi connectivity index (χ3n) is 2.44. The largest absolute Gasteiger partial charge is 0.466 e. The molecule has 0 unspecified atom stereocenters. The second kappa shape index (κ2) is 8.53. The summed E-state index contributed by atoms with van der Waals surface area (Å²) < 4.78 is 4.79. The molecule has 5 heteroatoms. The Morgan fingerprint density at radius 3 is 2.84 bits per heavy atom. The molecule has 0 radical (unpaired) electrons. The van der Waals surface area contributed by atoms with Crippen molar-refractivity contribution in [3.63, 3.8) is 0 Å². The van der Waals surface area contributed by atoms with Crippen LogP contribution >= 0.6 is 11.6 Å². The van der Waals surface area contributed by atoms with Crippen molar-refractivity contribution < 1.29 is 14.3 Å². The first kappa shape index (κ1) is 15.5. The number of esters is 1. The Kier molecular flexibility index (Phi) is 6.97. The van der Waals surface area contributed by atoms with Crippen molar-refractivity contribution in [3.8, 4) is 0 Å². The Balaban J connectivity index is 2.20. The molecule has 104 valence electrons. The minimum absolute atomic E-state index is 0.0777. The zero-order valence-electron chi connectivity index (χ0n) is 10.9. The summed E-state index contributed by atoms with van der Waals surface area (Å²) in [4.78, 5) is 22.7. The molecule has 1 aromatic carbocycles. The molecular formula is C14H18ClNO3. The monoisotopic (exact) mass is 283 g/mol. The highest BCUT2D eigenvalue weighted by Gasteiger charge is 2.05. The average molecular weight is 284 g/mol. The average Bonchev–Trinajstić information content (AvgIpc) is 2.35. The van der Waals surface area contributed by atoms with Gasteiger partial charge in [-0.2, -0.15) is 0 Å². The Bertz CT molecular complexity index is 434. The number of hydrogen-bond acceptors (Lipinski definition) is 3. The summed E-state index contributed by atoms with van der Waals surface area (Å²) in [7, 11) is 0. The summed E-state index contributed by atoms with van der Waals surface area (Å²) in [6.07, 6.45) is 1.20. The Morgan fingerprint density at radius 2 is 2.16 bits per heavy atom. The van der Waals surface area contributed by atoms with Gasteiger partial charge in [-0.25, -0.2) is 0 Å². The Morgan fingerprint density at radius 1 is 1.37 bits per heavy atom. The van der Waals surface area contributed by atoms with Crippen LogP contribution in [0, 0.1) is 0 Å². The fourth-order valence-corrected chi connectivity index (χ4v) is 1.80. The first-order chi connectivity index (χ1) is 9.11. The van der Waals surface area contributed by atoms with Gasteiger partial charge in [0.1, 0.15) is 0 Å². The van der Waals surface area contributed by atoms with Gasteiger partial charge in [0.25, 0.3) is 0 Å². The van der Waals surface area contributed by atoms with E-state index in [1.165, 1.54) is 0 Å². The first-order valence-corrected chi connectivity index (χ1v) is 6.66. The number of carbonyl (C=O) groups excluding carboxylic acids is 2. The standard InChI is InChI=1S/C14H18ClNO3/c1-2-19-14(18)7-4-8-16-13(17)10-11-5-3-6-12(15)9-11/h3,5-6,9H,2,4,7-8,10H2,1H3,(H,16,17). The maximum absolute atomic E-state index is 11.6. The summed E-state index contributed by atoms with van der Waals surface area (Å²) in [6, 6.07) is 7.19. The van der Waals surface area contributed by atoms with Crippen LogP contribution in [-0.2, 0) is 20.7 Å². The number of carbonyl (C=O) groups is 2. The van der Waals surface area contributed by atoms with Crippen molar-refractivity contribution in [2.75, 3.05) is 13.2 Å². The van der Waals surface area contributed by atoms with Gasteiger partial charge >= 0.3 is 5.97 Å². The van der Waals surface area contributed by atoms with Crippen molar-refractivity contribution in [2.24, 2.45) is 0 Å². The molecule has 19 heavy (non-hydrogen) atoms. The van der Waals surface area contributed by atoms with Gasteiger partial charge < -0.3 is 10.1 Å². The Hall–Kier alpha value is -1.55. The van der Waals surface area contributed by atoms with E-state index in [2.05, 4.69) is 5.32 Å². The van der Waals surface area contributed by atoms with Crippen LogP contribution in [0.15, 0.2) is 24.3 Å². The summed E-state index contributed by atoms with van der Waals surface area (Å²) in [5, 5.41) is 3.38. The smallest absolute Gasteiger partial charge is 0.305 e. The van der Waals surface area contributed by atoms with Gasteiger partial charge in [0.15, 0.2) is 0 Å². The minimum Gasteiger partial charge on any atom is -0.466 e. The van der Waals surface area contributed by atoms with Crippen LogP contribution in [0.1, 0.15) is 25.3 Å². The molecule has 0 aliphatic heterocycles. The van der Waals surface area contributed by atoms with E-state index in [0.717, 1.165) is 5.56 Å². The van der Waals surface area contributed by atoms with Crippen LogP contribution in [0.25, 0.3) is 0 Å². The zero-order valence-corrected chi connectivity index (χ0v) is 11.7. The molecule has 0 spiro atoms. The van der Waals surface area contributed by atoms with Crippen LogP contribution in [0.4, 0.5) is 0 Å². The van der Waals surface area contributed by atoms with Gasteiger partial charge in [-0.3, -0.25) is 9.59 Å². The maximum atomic E-state index is 11.6. The Labute approximate surface area is 118 Å². The number of nitrogens with one attached hydrogen (secondary N) is 1. The van der Waals surface area contributed by atoms with Gasteiger partial charge in [-0.1, -0.05) is 23.7 Å². The molecule has 0 bridgehead atoms. The van der Waals surface area contributed by atoms with Gasteiger partial charge in [0, 0.05) is 18.0 Å². The van der Waals surface area contributed by atoms with Crippen LogP contribution in [-0.4, -0.2) is 25.0 Å². The highest BCUT2D eigenvalue weighted by molar-refractivity contribution is 6.30. The van der Waals surface area contributed by atoms with Gasteiger partial charge in [0.2, 0.25) is 5.91 Å². The fraction of sp³-hybridized carbons (Fsp3) is 0.429. The molecule has 0 aliphatic rings. The highest BCUT2D eigenvalue weighted by Crippen LogP contribution is 2.10. The SMILES string of the molecule is CCOC(=O)CCCNC(=O)Cc1cccc(Cl)c1. The lowest BCUT2D eigenvalue weighted by atomic mass is 10.1. The minimum atomic E-state index is -0.230. The lowest BCUT2D eigenvalue weighted by Crippen LogP contribution is -2.26. The van der Waals surface area contributed by atoms with E-state index >= 15 is 0 Å². The summed E-state index contributed by atoms with van der Waals surface area (Å²) in [5.41, 5.74) is 0.871. The van der Waals surface area contributed by atoms with E-state index in [9.17, 15) is 9.59 Å². The van der Waals surface area contributed by atoms with Gasteiger partial charge in [-0.15, -0.1) is 0 Å². The molecular weight excluding hydrogens is 266 g/mol. The predicted molar refractivity (Wildman–Crippen MR) is 74.0 cm³/mol. The van der Waals surface area contributed by atoms with Crippen LogP contribution < -0.4 is 5.32 Å². The molecule has 1 amide bonds. The molecule has 1 N–H and O–H groups in total. The summed E-state index contributed by atoms with van der Waals surface area (Å²) in [6.45, 7) is 2.63. The third kappa shape index (κ3) is 6.82. The highest BCUT2D eigenvalue weighted by atomic mass is 35.5. The molecule has 1 aromatic rings. The number of amides is 1. The van der Waals surface area contributed by atoms with Crippen molar-refractivity contribution in [1.82, 2.24) is 5.32 Å². The number of ether oxygens (including phenoxy) is 1. The lowest BCUT2D eigenvalue weighted by Gasteiger charge is -2.05. The van der Waals surface area contributed by atoms with Crippen molar-refractivity contribution in [2.45, 2.75) is 26.2 Å². The molecule has 0 heterocycles. The lowest BCUT2D eigenvalue weighted by molar-refractivity contribution is -0.143. The molecule has 0 saturated carbocycles. The number of halogens is 1. The first-order valence-electron chi connectivity index (χ1n) is 6.28. The van der Waals surface area contributed by atoms with Crippen molar-refractivity contribution in [1.29, 1.82) is 0 Å². The molecule has 0 atom stereocenters. The third-order valence-corrected chi connectivity index (χ3v) is 2.67. The summed E-state index contributed by atoms with van der Waals surface area (Å²) in [5.74, 6) is -0.308. The van der Waals surface area contributed by atoms with Crippen molar-refractivity contribution >= 4 is 23.5 Å². The zero-order chi connectivity index (χ0) is 14.1. The molecule has 0 aromatic heterocycles. The second-order valence-electron chi connectivity index (χ2n) is 4.07. The second-order valence-corrected chi connectivity index (χ2v) is 4.50. The van der Waals surface area contributed by atoms with Crippen LogP contribution in [0.5, 0.6) is 0 Å². The van der Waals surface area contributed by atoms with Crippen LogP contribution in [0.3, 0.4) is 0 Å². The molecule has 0 saturated heterocycles. The quantitative estimate of drug-likeness (QED) is 0.617. The molecule has 0 fully saturated rings. The van der Waals surface area contributed by atoms with E-state index in [0.29, 0.717) is 37.4 Å². The predicted octanol–water partition coefficient (Wildman–Crippen LogP) is 2.34. The molecule has 4 nitrogen and oxygen atoms in total.